The van der Waals surface area contributed by atoms with E-state index in [1.165, 1.54) is 11.1 Å². The summed E-state index contributed by atoms with van der Waals surface area (Å²) in [5.74, 6) is 0.999. The number of nitrogens with zero attached hydrogens (tertiary/aromatic N) is 1. The van der Waals surface area contributed by atoms with Gasteiger partial charge in [0.05, 0.1) is 38.0 Å². The summed E-state index contributed by atoms with van der Waals surface area (Å²) < 4.78 is 21.7. The van der Waals surface area contributed by atoms with Gasteiger partial charge in [-0.3, -0.25) is 4.79 Å². The lowest BCUT2D eigenvalue weighted by Gasteiger charge is -2.29. The molecule has 8 rings (SSSR count). The highest BCUT2D eigenvalue weighted by Gasteiger charge is 2.42. The molecule has 0 radical (unpaired) electrons. The molecule has 0 saturated carbocycles. The molecule has 0 atom stereocenters. The van der Waals surface area contributed by atoms with Crippen LogP contribution in [0.3, 0.4) is 0 Å². The first kappa shape index (κ1) is 36.0. The molecule has 55 heavy (non-hydrogen) atoms. The maximum Gasteiger partial charge on any atom is 0.338 e. The van der Waals surface area contributed by atoms with E-state index in [1.807, 2.05) is 77.7 Å². The smallest absolute Gasteiger partial charge is 0.338 e. The van der Waals surface area contributed by atoms with Gasteiger partial charge in [0, 0.05) is 20.1 Å². The van der Waals surface area contributed by atoms with E-state index in [-0.39, 0.29) is 12.5 Å². The summed E-state index contributed by atoms with van der Waals surface area (Å²) in [5, 5.41) is 0. The minimum atomic E-state index is -0.424. The van der Waals surface area contributed by atoms with Crippen molar-refractivity contribution in [1.82, 2.24) is 4.90 Å². The SMILES string of the molecule is COCCOC(=O)c1ccc2c(c1)-c1c(c3c(c4c1CN(C(c1ccc(OC)cc1)c1ccc(OC)cc1)C4=O)-c1ccccc1C3)C=C(CCCC=O)C2. The van der Waals surface area contributed by atoms with Gasteiger partial charge < -0.3 is 28.6 Å². The number of methoxy groups -OCH3 is 3. The number of hydrogen-bond acceptors (Lipinski definition) is 7. The third-order valence-electron chi connectivity index (χ3n) is 11.1. The van der Waals surface area contributed by atoms with Gasteiger partial charge in [-0.25, -0.2) is 4.79 Å². The highest BCUT2D eigenvalue weighted by molar-refractivity contribution is 6.11. The Hall–Kier alpha value is -5.99. The summed E-state index contributed by atoms with van der Waals surface area (Å²) in [4.78, 5) is 42.2. The van der Waals surface area contributed by atoms with E-state index in [0.29, 0.717) is 43.5 Å². The molecule has 0 N–H and O–H groups in total. The zero-order valence-electron chi connectivity index (χ0n) is 31.4. The Kier molecular flexibility index (Phi) is 10.1. The van der Waals surface area contributed by atoms with E-state index in [4.69, 9.17) is 18.9 Å². The fraction of sp³-hybridized carbons (Fsp3) is 0.255. The molecule has 0 bridgehead atoms. The molecule has 0 spiro atoms. The van der Waals surface area contributed by atoms with Gasteiger partial charge in [0.2, 0.25) is 0 Å². The standard InChI is InChI=1S/C47H43NO7/c1-52-22-23-55-47(51)34-12-11-33-24-29(8-6-7-21-49)25-39-40-26-32-9-4-5-10-37(32)43(40)44-41(42(39)38(33)27-34)28-48(46(44)50)45(30-13-17-35(53-2)18-14-30)31-15-19-36(54-3)20-16-31/h4-5,9-21,25,27,45H,6-8,22-24,26,28H2,1-3H3. The lowest BCUT2D eigenvalue weighted by Crippen LogP contribution is -2.30. The average molecular weight is 734 g/mol. The van der Waals surface area contributed by atoms with Gasteiger partial charge in [0.25, 0.3) is 5.91 Å². The van der Waals surface area contributed by atoms with Crippen LogP contribution < -0.4 is 9.47 Å². The number of allylic oxidation sites excluding steroid dienone is 1. The van der Waals surface area contributed by atoms with Crippen molar-refractivity contribution in [3.8, 4) is 33.8 Å². The van der Waals surface area contributed by atoms with Crippen LogP contribution in [0.15, 0.2) is 96.6 Å². The van der Waals surface area contributed by atoms with Crippen molar-refractivity contribution in [2.75, 3.05) is 34.5 Å². The number of hydrogen-bond donors (Lipinski definition) is 0. The molecule has 3 aliphatic rings. The van der Waals surface area contributed by atoms with Crippen LogP contribution in [0.25, 0.3) is 28.3 Å². The van der Waals surface area contributed by atoms with Gasteiger partial charge in [-0.2, -0.15) is 0 Å². The monoisotopic (exact) mass is 733 g/mol. The van der Waals surface area contributed by atoms with Crippen LogP contribution in [-0.2, 0) is 33.7 Å². The maximum absolute atomic E-state index is 15.4. The van der Waals surface area contributed by atoms with Crippen molar-refractivity contribution in [2.24, 2.45) is 0 Å². The summed E-state index contributed by atoms with van der Waals surface area (Å²) in [7, 11) is 4.86. The summed E-state index contributed by atoms with van der Waals surface area (Å²) in [6, 6.07) is 29.6. The van der Waals surface area contributed by atoms with Gasteiger partial charge in [-0.1, -0.05) is 66.2 Å². The normalized spacial score (nSPS) is 13.6. The van der Waals surface area contributed by atoms with Crippen molar-refractivity contribution in [2.45, 2.75) is 44.7 Å². The van der Waals surface area contributed by atoms with Gasteiger partial charge in [0.15, 0.2) is 0 Å². The van der Waals surface area contributed by atoms with Gasteiger partial charge in [-0.05, 0) is 123 Å². The molecule has 0 fully saturated rings. The highest BCUT2D eigenvalue weighted by Crippen LogP contribution is 2.53. The van der Waals surface area contributed by atoms with Crippen LogP contribution in [0.5, 0.6) is 11.5 Å². The fourth-order valence-electron chi connectivity index (χ4n) is 8.51. The molecular weight excluding hydrogens is 691 g/mol. The molecule has 0 saturated heterocycles. The fourth-order valence-corrected chi connectivity index (χ4v) is 8.51. The van der Waals surface area contributed by atoms with E-state index in [0.717, 1.165) is 86.3 Å². The largest absolute Gasteiger partial charge is 0.497 e. The van der Waals surface area contributed by atoms with Crippen molar-refractivity contribution in [1.29, 1.82) is 0 Å². The number of carbonyl (C=O) groups is 3. The number of aldehydes is 1. The van der Waals surface area contributed by atoms with Crippen LogP contribution in [0, 0.1) is 0 Å². The third-order valence-corrected chi connectivity index (χ3v) is 11.1. The van der Waals surface area contributed by atoms with Crippen molar-refractivity contribution < 1.29 is 33.3 Å². The number of rotatable bonds is 13. The molecule has 1 amide bonds. The molecule has 2 aliphatic carbocycles. The van der Waals surface area contributed by atoms with Crippen LogP contribution in [0.2, 0.25) is 0 Å². The second-order valence-corrected chi connectivity index (χ2v) is 14.3. The summed E-state index contributed by atoms with van der Waals surface area (Å²) in [6.07, 6.45) is 6.62. The van der Waals surface area contributed by atoms with Gasteiger partial charge >= 0.3 is 5.97 Å². The van der Waals surface area contributed by atoms with E-state index in [9.17, 15) is 9.59 Å². The first-order valence-electron chi connectivity index (χ1n) is 18.7. The topological polar surface area (TPSA) is 91.4 Å². The number of benzene rings is 5. The van der Waals surface area contributed by atoms with E-state index in [2.05, 4.69) is 24.3 Å². The second-order valence-electron chi connectivity index (χ2n) is 14.3. The Bertz CT molecular complexity index is 2280. The highest BCUT2D eigenvalue weighted by atomic mass is 16.6. The van der Waals surface area contributed by atoms with Crippen LogP contribution in [-0.4, -0.2) is 57.6 Å². The number of carbonyl (C=O) groups excluding carboxylic acids is 3. The van der Waals surface area contributed by atoms with Crippen molar-refractivity contribution >= 4 is 24.2 Å². The Morgan fingerprint density at radius 2 is 1.45 bits per heavy atom. The molecule has 8 nitrogen and oxygen atoms in total. The van der Waals surface area contributed by atoms with Gasteiger partial charge in [-0.15, -0.1) is 0 Å². The number of esters is 1. The zero-order chi connectivity index (χ0) is 38.1. The minimum Gasteiger partial charge on any atom is -0.497 e. The summed E-state index contributed by atoms with van der Waals surface area (Å²) in [6.45, 7) is 0.800. The predicted molar refractivity (Wildman–Crippen MR) is 212 cm³/mol. The molecule has 0 aromatic heterocycles. The third kappa shape index (κ3) is 6.61. The van der Waals surface area contributed by atoms with Gasteiger partial charge in [0.1, 0.15) is 24.4 Å². The zero-order valence-corrected chi connectivity index (χ0v) is 31.4. The Morgan fingerprint density at radius 3 is 2.13 bits per heavy atom. The molecule has 5 aromatic rings. The average Bonchev–Trinajstić information content (AvgIpc) is 3.70. The van der Waals surface area contributed by atoms with E-state index >= 15 is 4.79 Å². The molecule has 1 aliphatic heterocycles. The first-order valence-corrected chi connectivity index (χ1v) is 18.7. The van der Waals surface area contributed by atoms with Crippen molar-refractivity contribution in [3.05, 3.63) is 147 Å². The number of amides is 1. The second kappa shape index (κ2) is 15.4. The minimum absolute atomic E-state index is 0.0431. The summed E-state index contributed by atoms with van der Waals surface area (Å²) in [5.41, 5.74) is 13.6. The molecule has 0 unspecified atom stereocenters. The Morgan fingerprint density at radius 1 is 0.764 bits per heavy atom. The lowest BCUT2D eigenvalue weighted by atomic mass is 9.83. The van der Waals surface area contributed by atoms with Crippen LogP contribution in [0.1, 0.15) is 85.0 Å². The van der Waals surface area contributed by atoms with E-state index < -0.39 is 12.0 Å². The van der Waals surface area contributed by atoms with Crippen LogP contribution in [0.4, 0.5) is 0 Å². The lowest BCUT2D eigenvalue weighted by molar-refractivity contribution is -0.107. The molecule has 1 heterocycles. The Balaban J connectivity index is 1.36. The first-order chi connectivity index (χ1) is 26.9. The molecule has 5 aromatic carbocycles. The molecule has 8 heteroatoms. The van der Waals surface area contributed by atoms with Crippen molar-refractivity contribution in [3.63, 3.8) is 0 Å². The number of fused-ring (bicyclic) bond motifs is 10. The predicted octanol–water partition coefficient (Wildman–Crippen LogP) is 8.80. The molecule has 278 valence electrons. The number of ether oxygens (including phenoxy) is 4. The maximum atomic E-state index is 15.4. The molecular formula is C47H43NO7. The Labute approximate surface area is 321 Å². The number of unbranched alkanes of at least 4 members (excludes halogenated alkanes) is 1. The van der Waals surface area contributed by atoms with Crippen LogP contribution >= 0.6 is 0 Å². The van der Waals surface area contributed by atoms with E-state index in [1.54, 1.807) is 21.3 Å². The summed E-state index contributed by atoms with van der Waals surface area (Å²) >= 11 is 0. The quantitative estimate of drug-likeness (QED) is 0.0666.